The summed E-state index contributed by atoms with van der Waals surface area (Å²) in [6, 6.07) is 17.1. The first-order valence-corrected chi connectivity index (χ1v) is 19.4. The number of fused-ring (bicyclic) bond motifs is 8. The molecule has 0 saturated carbocycles. The fraction of sp³-hybridized carbons (Fsp3) is 0.463. The van der Waals surface area contributed by atoms with E-state index in [2.05, 4.69) is 15.3 Å². The van der Waals surface area contributed by atoms with Crippen molar-refractivity contribution in [2.45, 2.75) is 57.2 Å². The van der Waals surface area contributed by atoms with Gasteiger partial charge in [-0.15, -0.1) is 5.10 Å². The second-order valence-electron chi connectivity index (χ2n) is 15.1. The first kappa shape index (κ1) is 38.5. The van der Waals surface area contributed by atoms with E-state index in [1.165, 1.54) is 11.0 Å². The van der Waals surface area contributed by atoms with Gasteiger partial charge in [0.15, 0.2) is 0 Å². The number of alkyl halides is 3. The Kier molecular flexibility index (Phi) is 11.2. The van der Waals surface area contributed by atoms with Crippen molar-refractivity contribution in [3.63, 3.8) is 0 Å². The number of benzene rings is 2. The largest absolute Gasteiger partial charge is 0.478 e. The van der Waals surface area contributed by atoms with Crippen LogP contribution in [-0.2, 0) is 38.4 Å². The van der Waals surface area contributed by atoms with Crippen LogP contribution in [0.5, 0.6) is 5.88 Å². The molecule has 6 heterocycles. The minimum Gasteiger partial charge on any atom is -0.478 e. The molecule has 2 aromatic heterocycles. The van der Waals surface area contributed by atoms with Crippen LogP contribution in [0.15, 0.2) is 72.9 Å². The minimum atomic E-state index is -4.67. The van der Waals surface area contributed by atoms with E-state index in [1.807, 2.05) is 30.3 Å². The summed E-state index contributed by atoms with van der Waals surface area (Å²) in [5.74, 6) is -1.15. The molecule has 0 N–H and O–H groups in total. The van der Waals surface area contributed by atoms with Crippen molar-refractivity contribution in [2.24, 2.45) is 11.8 Å². The first-order valence-electron chi connectivity index (χ1n) is 19.4. The molecule has 0 unspecified atom stereocenters. The third-order valence-corrected chi connectivity index (χ3v) is 11.3. The zero-order valence-electron chi connectivity index (χ0n) is 31.4. The van der Waals surface area contributed by atoms with Gasteiger partial charge >= 0.3 is 6.18 Å². The average Bonchev–Trinajstić information content (AvgIpc) is 3.87. The van der Waals surface area contributed by atoms with E-state index in [0.29, 0.717) is 70.0 Å². The summed E-state index contributed by atoms with van der Waals surface area (Å²) in [5, 5.41) is 8.49. The SMILES string of the molecule is O=C(C[C@@H]1CCN2C[C@@H]1CCOc1cc(C(F)(F)F)cc(n1)-c1cccc(c1)C(=O)N1C[C@H](OCc3cn(Cc4ccccc4)nn3)C[C@H]1C2=O)N1CCOCC1. The molecule has 2 aromatic carbocycles. The van der Waals surface area contributed by atoms with Gasteiger partial charge in [-0.2, -0.15) is 13.2 Å². The van der Waals surface area contributed by atoms with E-state index < -0.39 is 29.8 Å². The van der Waals surface area contributed by atoms with Gasteiger partial charge in [0, 0.05) is 62.8 Å². The van der Waals surface area contributed by atoms with Gasteiger partial charge in [-0.05, 0) is 48.4 Å². The monoisotopic (exact) mass is 787 g/mol. The van der Waals surface area contributed by atoms with Gasteiger partial charge in [-0.1, -0.05) is 47.7 Å². The van der Waals surface area contributed by atoms with Crippen molar-refractivity contribution < 1.29 is 41.8 Å². The lowest BCUT2D eigenvalue weighted by Gasteiger charge is -2.41. The number of hydrogen-bond donors (Lipinski definition) is 0. The molecule has 300 valence electrons. The lowest BCUT2D eigenvalue weighted by Crippen LogP contribution is -2.52. The normalized spacial score (nSPS) is 23.0. The molecule has 16 heteroatoms. The van der Waals surface area contributed by atoms with Gasteiger partial charge < -0.3 is 28.9 Å². The fourth-order valence-corrected chi connectivity index (χ4v) is 8.27. The van der Waals surface area contributed by atoms with Crippen molar-refractivity contribution >= 4 is 17.7 Å². The van der Waals surface area contributed by atoms with Crippen LogP contribution in [0.1, 0.15) is 52.9 Å². The number of halogens is 3. The van der Waals surface area contributed by atoms with Crippen LogP contribution in [-0.4, -0.2) is 117 Å². The third-order valence-electron chi connectivity index (χ3n) is 11.3. The number of amides is 3. The number of carbonyl (C=O) groups excluding carboxylic acids is 3. The summed E-state index contributed by atoms with van der Waals surface area (Å²) in [6.45, 7) is 3.46. The molecule has 3 fully saturated rings. The Labute approximate surface area is 327 Å². The molecule has 8 rings (SSSR count). The fourth-order valence-electron chi connectivity index (χ4n) is 8.27. The summed E-state index contributed by atoms with van der Waals surface area (Å²) in [4.78, 5) is 51.8. The van der Waals surface area contributed by atoms with Crippen molar-refractivity contribution in [3.05, 3.63) is 95.3 Å². The predicted molar refractivity (Wildman–Crippen MR) is 199 cm³/mol. The summed E-state index contributed by atoms with van der Waals surface area (Å²) < 4.78 is 61.8. The van der Waals surface area contributed by atoms with Crippen LogP contribution in [0.2, 0.25) is 0 Å². The Hall–Kier alpha value is -5.35. The number of aromatic nitrogens is 4. The van der Waals surface area contributed by atoms with E-state index in [-0.39, 0.29) is 73.4 Å². The average molecular weight is 788 g/mol. The minimum absolute atomic E-state index is 0.00466. The highest BCUT2D eigenvalue weighted by molar-refractivity contribution is 5.99. The quantitative estimate of drug-likeness (QED) is 0.262. The number of ether oxygens (including phenoxy) is 3. The number of carbonyl (C=O) groups is 3. The van der Waals surface area contributed by atoms with Crippen LogP contribution >= 0.6 is 0 Å². The summed E-state index contributed by atoms with van der Waals surface area (Å²) in [6.07, 6.45) is -1.95. The zero-order valence-corrected chi connectivity index (χ0v) is 31.4. The Morgan fingerprint density at radius 3 is 2.53 bits per heavy atom. The molecule has 4 aromatic rings. The number of pyridine rings is 1. The van der Waals surface area contributed by atoms with Crippen LogP contribution in [0.3, 0.4) is 0 Å². The highest BCUT2D eigenvalue weighted by atomic mass is 19.4. The number of nitrogens with zero attached hydrogens (tertiary/aromatic N) is 7. The maximum atomic E-state index is 14.6. The zero-order chi connectivity index (χ0) is 39.5. The molecule has 3 saturated heterocycles. The molecule has 4 aliphatic rings. The smallest absolute Gasteiger partial charge is 0.416 e. The molecule has 0 radical (unpaired) electrons. The molecule has 3 amide bonds. The summed E-state index contributed by atoms with van der Waals surface area (Å²) in [5.41, 5.74) is 1.22. The van der Waals surface area contributed by atoms with Gasteiger partial charge in [0.2, 0.25) is 17.7 Å². The van der Waals surface area contributed by atoms with Crippen molar-refractivity contribution in [1.82, 2.24) is 34.7 Å². The van der Waals surface area contributed by atoms with Gasteiger partial charge in [0.05, 0.1) is 56.5 Å². The van der Waals surface area contributed by atoms with Crippen LogP contribution in [0.4, 0.5) is 13.2 Å². The Morgan fingerprint density at radius 1 is 0.912 bits per heavy atom. The van der Waals surface area contributed by atoms with Crippen LogP contribution in [0, 0.1) is 11.8 Å². The highest BCUT2D eigenvalue weighted by Crippen LogP contribution is 2.36. The van der Waals surface area contributed by atoms with Crippen LogP contribution < -0.4 is 4.74 Å². The standard InChI is InChI=1S/C41H44F3N7O6/c42-41(43,44)32-19-35-29-7-4-8-30(17-29)39(53)51-25-34(57-26-33-24-50(47-46-33)22-27-5-2-1-3-6-27)21-36(51)40(54)49-11-9-28(18-38(52)48-12-15-55-16-13-48)31(23-49)10-14-56-37(20-32)45-35/h1-8,17,19-20,24,28,31,34,36H,9-16,18,21-23,25-26H2/t28-,31-,34+,36-/m0/s1. The van der Waals surface area contributed by atoms with Gasteiger partial charge in [0.1, 0.15) is 11.7 Å². The maximum absolute atomic E-state index is 14.6. The third kappa shape index (κ3) is 8.96. The lowest BCUT2D eigenvalue weighted by molar-refractivity contribution is -0.140. The molecular weight excluding hydrogens is 743 g/mol. The second kappa shape index (κ2) is 16.6. The lowest BCUT2D eigenvalue weighted by atomic mass is 9.80. The second-order valence-corrected chi connectivity index (χ2v) is 15.1. The van der Waals surface area contributed by atoms with Crippen molar-refractivity contribution in [2.75, 3.05) is 52.5 Å². The molecule has 4 atom stereocenters. The molecule has 6 bridgehead atoms. The topological polar surface area (TPSA) is 132 Å². The van der Waals surface area contributed by atoms with Crippen LogP contribution in [0.25, 0.3) is 11.3 Å². The van der Waals surface area contributed by atoms with E-state index in [9.17, 15) is 27.6 Å². The molecule has 57 heavy (non-hydrogen) atoms. The van der Waals surface area contributed by atoms with Crippen molar-refractivity contribution in [3.8, 4) is 17.1 Å². The Bertz CT molecular complexity index is 2070. The van der Waals surface area contributed by atoms with E-state index in [0.717, 1.165) is 17.7 Å². The van der Waals surface area contributed by atoms with Gasteiger partial charge in [-0.3, -0.25) is 14.4 Å². The van der Waals surface area contributed by atoms with Gasteiger partial charge in [0.25, 0.3) is 5.91 Å². The highest BCUT2D eigenvalue weighted by Gasteiger charge is 2.44. The molecule has 0 spiro atoms. The first-order chi connectivity index (χ1) is 27.6. The van der Waals surface area contributed by atoms with Gasteiger partial charge in [-0.25, -0.2) is 9.67 Å². The number of hydrogen-bond acceptors (Lipinski definition) is 9. The molecule has 0 aliphatic carbocycles. The summed E-state index contributed by atoms with van der Waals surface area (Å²) >= 11 is 0. The Morgan fingerprint density at radius 2 is 1.72 bits per heavy atom. The number of rotatable bonds is 7. The van der Waals surface area contributed by atoms with E-state index in [1.54, 1.807) is 38.9 Å². The predicted octanol–water partition coefficient (Wildman–Crippen LogP) is 4.70. The maximum Gasteiger partial charge on any atom is 0.416 e. The van der Waals surface area contributed by atoms with Crippen molar-refractivity contribution in [1.29, 1.82) is 0 Å². The summed E-state index contributed by atoms with van der Waals surface area (Å²) in [7, 11) is 0. The Balaban J connectivity index is 1.07. The number of piperidine rings is 1. The van der Waals surface area contributed by atoms with E-state index in [4.69, 9.17) is 14.2 Å². The number of morpholine rings is 1. The molecule has 13 nitrogen and oxygen atoms in total. The molecule has 4 aliphatic heterocycles. The molecular formula is C41H44F3N7O6. The van der Waals surface area contributed by atoms with E-state index >= 15 is 0 Å².